The summed E-state index contributed by atoms with van der Waals surface area (Å²) in [6.45, 7) is 3.52. The maximum Gasteiger partial charge on any atom is 0.240 e. The number of rotatable bonds is 7. The fourth-order valence-corrected chi connectivity index (χ4v) is 5.62. The van der Waals surface area contributed by atoms with Crippen LogP contribution in [0.2, 0.25) is 0 Å². The summed E-state index contributed by atoms with van der Waals surface area (Å²) in [4.78, 5) is 29.2. The fraction of sp³-hybridized carbons (Fsp3) is 0.500. The van der Waals surface area contributed by atoms with E-state index >= 15 is 0 Å². The standard InChI is InChI=1S/C20H24N4O2S2/c1-2-16(25)24(15-10-11-15)19-21-22-20(28-19)27-17(14-8-4-3-5-9-14)18(26)23-12-6-7-13-23/h3-5,8-9,15,17H,2,6-7,10-13H2,1H3/t17-/m0/s1. The third-order valence-electron chi connectivity index (χ3n) is 5.05. The molecule has 4 rings (SSSR count). The zero-order valence-corrected chi connectivity index (χ0v) is 17.5. The molecule has 1 atom stereocenters. The van der Waals surface area contributed by atoms with Crippen LogP contribution in [0.5, 0.6) is 0 Å². The lowest BCUT2D eigenvalue weighted by Crippen LogP contribution is -2.32. The molecule has 6 nitrogen and oxygen atoms in total. The third-order valence-corrected chi connectivity index (χ3v) is 7.30. The molecule has 28 heavy (non-hydrogen) atoms. The Kier molecular flexibility index (Phi) is 5.96. The summed E-state index contributed by atoms with van der Waals surface area (Å²) in [6, 6.07) is 10.1. The maximum absolute atomic E-state index is 13.2. The van der Waals surface area contributed by atoms with Gasteiger partial charge in [0, 0.05) is 25.6 Å². The van der Waals surface area contributed by atoms with Gasteiger partial charge in [-0.25, -0.2) is 0 Å². The van der Waals surface area contributed by atoms with Crippen molar-refractivity contribution >= 4 is 40.0 Å². The van der Waals surface area contributed by atoms with Gasteiger partial charge in [-0.2, -0.15) is 0 Å². The SMILES string of the molecule is CCC(=O)N(c1nnc(S[C@H](C(=O)N2CCCC2)c2ccccc2)s1)C1CC1. The normalized spacial score (nSPS) is 17.5. The van der Waals surface area contributed by atoms with Gasteiger partial charge >= 0.3 is 0 Å². The minimum Gasteiger partial charge on any atom is -0.341 e. The predicted octanol–water partition coefficient (Wildman–Crippen LogP) is 3.90. The molecule has 1 aromatic heterocycles. The molecule has 2 heterocycles. The first-order valence-corrected chi connectivity index (χ1v) is 11.5. The van der Waals surface area contributed by atoms with Crippen LogP contribution in [-0.2, 0) is 9.59 Å². The van der Waals surface area contributed by atoms with E-state index in [4.69, 9.17) is 0 Å². The molecule has 1 aliphatic carbocycles. The number of aromatic nitrogens is 2. The lowest BCUT2D eigenvalue weighted by atomic mass is 10.1. The minimum atomic E-state index is -0.337. The van der Waals surface area contributed by atoms with Crippen LogP contribution in [0.15, 0.2) is 34.7 Å². The largest absolute Gasteiger partial charge is 0.341 e. The first-order chi connectivity index (χ1) is 13.7. The molecule has 0 radical (unpaired) electrons. The lowest BCUT2D eigenvalue weighted by molar-refractivity contribution is -0.129. The zero-order chi connectivity index (χ0) is 19.5. The van der Waals surface area contributed by atoms with Crippen LogP contribution in [0.4, 0.5) is 5.13 Å². The van der Waals surface area contributed by atoms with Crippen LogP contribution in [0.3, 0.4) is 0 Å². The van der Waals surface area contributed by atoms with Gasteiger partial charge in [0.25, 0.3) is 0 Å². The van der Waals surface area contributed by atoms with Crippen LogP contribution in [0, 0.1) is 0 Å². The lowest BCUT2D eigenvalue weighted by Gasteiger charge is -2.22. The fourth-order valence-electron chi connectivity index (χ4n) is 3.41. The molecular formula is C20H24N4O2S2. The Morgan fingerprint density at radius 2 is 1.93 bits per heavy atom. The Morgan fingerprint density at radius 3 is 2.57 bits per heavy atom. The number of benzene rings is 1. The van der Waals surface area contributed by atoms with E-state index in [0.29, 0.717) is 11.6 Å². The molecule has 1 aliphatic heterocycles. The smallest absolute Gasteiger partial charge is 0.240 e. The summed E-state index contributed by atoms with van der Waals surface area (Å²) < 4.78 is 0.728. The highest BCUT2D eigenvalue weighted by atomic mass is 32.2. The number of nitrogens with zero attached hydrogens (tertiary/aromatic N) is 4. The summed E-state index contributed by atoms with van der Waals surface area (Å²) in [7, 11) is 0. The molecule has 1 aromatic carbocycles. The molecule has 148 valence electrons. The average Bonchev–Trinajstić information content (AvgIpc) is 3.20. The van der Waals surface area contributed by atoms with Crippen molar-refractivity contribution in [1.82, 2.24) is 15.1 Å². The second kappa shape index (κ2) is 8.61. The van der Waals surface area contributed by atoms with E-state index in [9.17, 15) is 9.59 Å². The van der Waals surface area contributed by atoms with Crippen molar-refractivity contribution in [3.63, 3.8) is 0 Å². The van der Waals surface area contributed by atoms with E-state index in [0.717, 1.165) is 48.7 Å². The Hall–Kier alpha value is -1.93. The quantitative estimate of drug-likeness (QED) is 0.506. The molecule has 0 bridgehead atoms. The second-order valence-corrected chi connectivity index (χ2v) is 9.45. The summed E-state index contributed by atoms with van der Waals surface area (Å²) in [5.74, 6) is 0.220. The zero-order valence-electron chi connectivity index (χ0n) is 15.9. The van der Waals surface area contributed by atoms with Gasteiger partial charge in [-0.1, -0.05) is 60.4 Å². The summed E-state index contributed by atoms with van der Waals surface area (Å²) in [5, 5.41) is 8.90. The van der Waals surface area contributed by atoms with Crippen molar-refractivity contribution < 1.29 is 9.59 Å². The predicted molar refractivity (Wildman–Crippen MR) is 112 cm³/mol. The molecule has 0 unspecified atom stereocenters. The maximum atomic E-state index is 13.2. The molecule has 2 aromatic rings. The molecule has 2 amide bonds. The van der Waals surface area contributed by atoms with E-state index < -0.39 is 0 Å². The van der Waals surface area contributed by atoms with Gasteiger partial charge < -0.3 is 4.90 Å². The number of carbonyl (C=O) groups excluding carboxylic acids is 2. The van der Waals surface area contributed by atoms with E-state index in [1.807, 2.05) is 42.2 Å². The summed E-state index contributed by atoms with van der Waals surface area (Å²) in [5.41, 5.74) is 0.977. The molecule has 0 spiro atoms. The van der Waals surface area contributed by atoms with Crippen molar-refractivity contribution in [3.8, 4) is 0 Å². The Balaban J connectivity index is 1.56. The molecule has 2 fully saturated rings. The van der Waals surface area contributed by atoms with Crippen LogP contribution in [0.25, 0.3) is 0 Å². The minimum absolute atomic E-state index is 0.0861. The summed E-state index contributed by atoms with van der Waals surface area (Å²) >= 11 is 2.85. The average molecular weight is 417 g/mol. The number of amides is 2. The highest BCUT2D eigenvalue weighted by molar-refractivity contribution is 8.01. The Bertz CT molecular complexity index is 832. The van der Waals surface area contributed by atoms with E-state index in [2.05, 4.69) is 10.2 Å². The first-order valence-electron chi connectivity index (χ1n) is 9.83. The number of anilines is 1. The van der Waals surface area contributed by atoms with Crippen LogP contribution < -0.4 is 4.90 Å². The Labute approximate surface area is 173 Å². The van der Waals surface area contributed by atoms with Crippen LogP contribution in [0.1, 0.15) is 49.8 Å². The monoisotopic (exact) mass is 416 g/mol. The van der Waals surface area contributed by atoms with Crippen molar-refractivity contribution in [2.45, 2.75) is 54.7 Å². The van der Waals surface area contributed by atoms with Gasteiger partial charge in [0.1, 0.15) is 5.25 Å². The number of carbonyl (C=O) groups is 2. The van der Waals surface area contributed by atoms with Gasteiger partial charge in [-0.3, -0.25) is 14.5 Å². The number of likely N-dealkylation sites (tertiary alicyclic amines) is 1. The van der Waals surface area contributed by atoms with Crippen LogP contribution in [-0.4, -0.2) is 46.0 Å². The van der Waals surface area contributed by atoms with Crippen molar-refractivity contribution in [1.29, 1.82) is 0 Å². The van der Waals surface area contributed by atoms with Crippen molar-refractivity contribution in [3.05, 3.63) is 35.9 Å². The van der Waals surface area contributed by atoms with E-state index in [-0.39, 0.29) is 23.1 Å². The number of thioether (sulfide) groups is 1. The van der Waals surface area contributed by atoms with Gasteiger partial charge in [-0.15, -0.1) is 10.2 Å². The highest BCUT2D eigenvalue weighted by Crippen LogP contribution is 2.42. The second-order valence-electron chi connectivity index (χ2n) is 7.14. The molecule has 1 saturated carbocycles. The van der Waals surface area contributed by atoms with Crippen LogP contribution >= 0.6 is 23.1 Å². The van der Waals surface area contributed by atoms with Crippen molar-refractivity contribution in [2.24, 2.45) is 0 Å². The van der Waals surface area contributed by atoms with Gasteiger partial charge in [-0.05, 0) is 31.2 Å². The Morgan fingerprint density at radius 1 is 1.21 bits per heavy atom. The number of hydrogen-bond acceptors (Lipinski definition) is 6. The van der Waals surface area contributed by atoms with Gasteiger partial charge in [0.05, 0.1) is 0 Å². The van der Waals surface area contributed by atoms with Gasteiger partial charge in [0.2, 0.25) is 16.9 Å². The molecule has 2 aliphatic rings. The molecule has 0 N–H and O–H groups in total. The number of hydrogen-bond donors (Lipinski definition) is 0. The molecule has 1 saturated heterocycles. The van der Waals surface area contributed by atoms with Crippen molar-refractivity contribution in [2.75, 3.05) is 18.0 Å². The highest BCUT2D eigenvalue weighted by Gasteiger charge is 2.36. The first kappa shape index (κ1) is 19.4. The molecule has 8 heteroatoms. The molecular weight excluding hydrogens is 392 g/mol. The van der Waals surface area contributed by atoms with Gasteiger partial charge in [0.15, 0.2) is 4.34 Å². The van der Waals surface area contributed by atoms with E-state index in [1.54, 1.807) is 4.90 Å². The topological polar surface area (TPSA) is 66.4 Å². The summed E-state index contributed by atoms with van der Waals surface area (Å²) in [6.07, 6.45) is 4.63. The third kappa shape index (κ3) is 4.22. The van der Waals surface area contributed by atoms with E-state index in [1.165, 1.54) is 23.1 Å².